The third-order valence-electron chi connectivity index (χ3n) is 1.81. The summed E-state index contributed by atoms with van der Waals surface area (Å²) in [5.74, 6) is 0. The lowest BCUT2D eigenvalue weighted by molar-refractivity contribution is 0.262. The molecule has 2 aromatic rings. The molecule has 0 fully saturated rings. The number of nitrogens with one attached hydrogen (secondary N) is 2. The highest BCUT2D eigenvalue weighted by molar-refractivity contribution is 7.08. The van der Waals surface area contributed by atoms with Crippen molar-refractivity contribution in [2.45, 2.75) is 0 Å². The van der Waals surface area contributed by atoms with Crippen molar-refractivity contribution in [3.63, 3.8) is 0 Å². The molecule has 3 nitrogen and oxygen atoms in total. The van der Waals surface area contributed by atoms with Gasteiger partial charge < -0.3 is 10.6 Å². The quantitative estimate of drug-likeness (QED) is 0.797. The van der Waals surface area contributed by atoms with Gasteiger partial charge in [-0.15, -0.1) is 0 Å². The molecule has 1 aromatic heterocycles. The molecule has 0 unspecified atom stereocenters. The summed E-state index contributed by atoms with van der Waals surface area (Å²) in [6.45, 7) is 0. The van der Waals surface area contributed by atoms with Gasteiger partial charge in [-0.3, -0.25) is 0 Å². The first-order chi connectivity index (χ1) is 7.34. The average Bonchev–Trinajstić information content (AvgIpc) is 2.71. The minimum Gasteiger partial charge on any atom is -0.308 e. The van der Waals surface area contributed by atoms with E-state index in [9.17, 15) is 4.79 Å². The molecule has 0 aliphatic rings. The van der Waals surface area contributed by atoms with Crippen molar-refractivity contribution in [2.75, 3.05) is 10.6 Å². The van der Waals surface area contributed by atoms with Crippen LogP contribution in [-0.2, 0) is 0 Å². The highest BCUT2D eigenvalue weighted by atomic mass is 32.1. The van der Waals surface area contributed by atoms with Crippen molar-refractivity contribution < 1.29 is 4.79 Å². The van der Waals surface area contributed by atoms with Gasteiger partial charge in [0.2, 0.25) is 0 Å². The molecule has 2 amide bonds. The number of hydrogen-bond donors (Lipinski definition) is 2. The molecule has 2 N–H and O–H groups in total. The Bertz CT molecular complexity index is 425. The molecule has 76 valence electrons. The summed E-state index contributed by atoms with van der Waals surface area (Å²) in [5, 5.41) is 9.26. The van der Waals surface area contributed by atoms with Crippen molar-refractivity contribution in [3.05, 3.63) is 47.2 Å². The summed E-state index contributed by atoms with van der Waals surface area (Å²) >= 11 is 1.55. The van der Waals surface area contributed by atoms with Crippen LogP contribution in [0, 0.1) is 0 Å². The fraction of sp³-hybridized carbons (Fsp3) is 0. The van der Waals surface area contributed by atoms with Crippen molar-refractivity contribution in [3.8, 4) is 0 Å². The van der Waals surface area contributed by atoms with Crippen LogP contribution in [0.25, 0.3) is 0 Å². The molecule has 4 heteroatoms. The molecule has 0 bridgehead atoms. The second-order valence-electron chi connectivity index (χ2n) is 2.96. The predicted molar refractivity (Wildman–Crippen MR) is 63.4 cm³/mol. The van der Waals surface area contributed by atoms with E-state index in [0.717, 1.165) is 11.4 Å². The molecule has 15 heavy (non-hydrogen) atoms. The number of urea groups is 1. The van der Waals surface area contributed by atoms with Gasteiger partial charge in [0.25, 0.3) is 0 Å². The topological polar surface area (TPSA) is 41.1 Å². The van der Waals surface area contributed by atoms with E-state index in [4.69, 9.17) is 0 Å². The van der Waals surface area contributed by atoms with E-state index in [1.165, 1.54) is 0 Å². The number of carbonyl (C=O) groups is 1. The maximum absolute atomic E-state index is 11.5. The number of carbonyl (C=O) groups excluding carboxylic acids is 1. The molecular weight excluding hydrogens is 208 g/mol. The third kappa shape index (κ3) is 2.82. The molecule has 0 saturated carbocycles. The zero-order valence-corrected chi connectivity index (χ0v) is 8.75. The van der Waals surface area contributed by atoms with E-state index in [0.29, 0.717) is 0 Å². The molecule has 2 rings (SSSR count). The average molecular weight is 218 g/mol. The molecule has 0 radical (unpaired) electrons. The Labute approximate surface area is 91.8 Å². The van der Waals surface area contributed by atoms with Crippen molar-refractivity contribution in [2.24, 2.45) is 0 Å². The number of para-hydroxylation sites is 1. The highest BCUT2D eigenvalue weighted by Gasteiger charge is 2.01. The zero-order chi connectivity index (χ0) is 10.5. The number of benzene rings is 1. The maximum atomic E-state index is 11.5. The lowest BCUT2D eigenvalue weighted by Gasteiger charge is -2.05. The predicted octanol–water partition coefficient (Wildman–Crippen LogP) is 3.39. The van der Waals surface area contributed by atoms with Crippen molar-refractivity contribution in [1.82, 2.24) is 0 Å². The Morgan fingerprint density at radius 1 is 1.00 bits per heavy atom. The Kier molecular flexibility index (Phi) is 2.99. The Hall–Kier alpha value is -1.81. The van der Waals surface area contributed by atoms with Crippen LogP contribution < -0.4 is 10.6 Å². The summed E-state index contributed by atoms with van der Waals surface area (Å²) in [6, 6.07) is 11.0. The number of rotatable bonds is 2. The summed E-state index contributed by atoms with van der Waals surface area (Å²) < 4.78 is 0. The van der Waals surface area contributed by atoms with Gasteiger partial charge in [-0.1, -0.05) is 18.2 Å². The minimum absolute atomic E-state index is 0.223. The normalized spacial score (nSPS) is 9.60. The number of amides is 2. The summed E-state index contributed by atoms with van der Waals surface area (Å²) in [6.07, 6.45) is 0. The summed E-state index contributed by atoms with van der Waals surface area (Å²) in [7, 11) is 0. The summed E-state index contributed by atoms with van der Waals surface area (Å²) in [4.78, 5) is 11.5. The van der Waals surface area contributed by atoms with Gasteiger partial charge in [0.1, 0.15) is 0 Å². The van der Waals surface area contributed by atoms with Gasteiger partial charge in [0.05, 0.1) is 5.69 Å². The van der Waals surface area contributed by atoms with Gasteiger partial charge in [0.15, 0.2) is 0 Å². The lowest BCUT2D eigenvalue weighted by Crippen LogP contribution is -2.18. The molecule has 1 aromatic carbocycles. The zero-order valence-electron chi connectivity index (χ0n) is 7.94. The van der Waals surface area contributed by atoms with Crippen LogP contribution in [0.15, 0.2) is 47.2 Å². The lowest BCUT2D eigenvalue weighted by atomic mass is 10.3. The van der Waals surface area contributed by atoms with Crippen molar-refractivity contribution >= 4 is 28.7 Å². The standard InChI is InChI=1S/C11H10N2OS/c14-11(13-10-6-7-15-8-10)12-9-4-2-1-3-5-9/h1-8H,(H2,12,13,14). The number of thiophene rings is 1. The SMILES string of the molecule is O=C(Nc1ccccc1)Nc1ccsc1. The van der Waals surface area contributed by atoms with E-state index in [1.54, 1.807) is 11.3 Å². The van der Waals surface area contributed by atoms with E-state index in [2.05, 4.69) is 10.6 Å². The van der Waals surface area contributed by atoms with Gasteiger partial charge in [-0.25, -0.2) is 4.79 Å². The smallest absolute Gasteiger partial charge is 0.308 e. The first kappa shape index (κ1) is 9.73. The van der Waals surface area contributed by atoms with Gasteiger partial charge in [-0.2, -0.15) is 11.3 Å². The molecule has 0 aliphatic heterocycles. The highest BCUT2D eigenvalue weighted by Crippen LogP contribution is 2.12. The van der Waals surface area contributed by atoms with Gasteiger partial charge >= 0.3 is 6.03 Å². The Morgan fingerprint density at radius 3 is 2.40 bits per heavy atom. The van der Waals surface area contributed by atoms with E-state index in [-0.39, 0.29) is 6.03 Å². The Morgan fingerprint density at radius 2 is 1.73 bits per heavy atom. The fourth-order valence-electron chi connectivity index (χ4n) is 1.15. The van der Waals surface area contributed by atoms with Gasteiger partial charge in [0, 0.05) is 11.1 Å². The van der Waals surface area contributed by atoms with Crippen LogP contribution in [0.5, 0.6) is 0 Å². The van der Waals surface area contributed by atoms with Crippen LogP contribution in [0.2, 0.25) is 0 Å². The van der Waals surface area contributed by atoms with Crippen LogP contribution >= 0.6 is 11.3 Å². The monoisotopic (exact) mass is 218 g/mol. The maximum Gasteiger partial charge on any atom is 0.323 e. The molecule has 0 aliphatic carbocycles. The van der Waals surface area contributed by atoms with E-state index in [1.807, 2.05) is 47.2 Å². The largest absolute Gasteiger partial charge is 0.323 e. The molecule has 0 saturated heterocycles. The van der Waals surface area contributed by atoms with Crippen LogP contribution in [-0.4, -0.2) is 6.03 Å². The molecule has 0 atom stereocenters. The molecule has 1 heterocycles. The van der Waals surface area contributed by atoms with Crippen LogP contribution in [0.4, 0.5) is 16.2 Å². The third-order valence-corrected chi connectivity index (χ3v) is 2.49. The summed E-state index contributed by atoms with van der Waals surface area (Å²) in [5.41, 5.74) is 1.60. The van der Waals surface area contributed by atoms with Gasteiger partial charge in [-0.05, 0) is 23.6 Å². The van der Waals surface area contributed by atoms with Crippen LogP contribution in [0.3, 0.4) is 0 Å². The Balaban J connectivity index is 1.94. The first-order valence-electron chi connectivity index (χ1n) is 4.50. The van der Waals surface area contributed by atoms with E-state index < -0.39 is 0 Å². The van der Waals surface area contributed by atoms with Crippen molar-refractivity contribution in [1.29, 1.82) is 0 Å². The molecular formula is C11H10N2OS. The molecule has 0 spiro atoms. The number of anilines is 2. The van der Waals surface area contributed by atoms with Crippen LogP contribution in [0.1, 0.15) is 0 Å². The first-order valence-corrected chi connectivity index (χ1v) is 5.44. The second-order valence-corrected chi connectivity index (χ2v) is 3.74. The second kappa shape index (κ2) is 4.61. The minimum atomic E-state index is -0.223. The fourth-order valence-corrected chi connectivity index (χ4v) is 1.74. The number of hydrogen-bond acceptors (Lipinski definition) is 2. The van der Waals surface area contributed by atoms with E-state index >= 15 is 0 Å².